The zero-order chi connectivity index (χ0) is 17.3. The van der Waals surface area contributed by atoms with E-state index in [0.29, 0.717) is 22.7 Å². The van der Waals surface area contributed by atoms with E-state index in [2.05, 4.69) is 55.1 Å². The first kappa shape index (κ1) is 16.3. The van der Waals surface area contributed by atoms with E-state index < -0.39 is 0 Å². The van der Waals surface area contributed by atoms with Crippen molar-refractivity contribution in [1.29, 1.82) is 5.26 Å². The molecule has 0 atom stereocenters. The molecule has 1 aromatic carbocycles. The maximum atomic E-state index is 12.1. The average molecular weight is 338 g/mol. The van der Waals surface area contributed by atoms with Crippen molar-refractivity contribution in [2.45, 2.75) is 36.8 Å². The van der Waals surface area contributed by atoms with Crippen LogP contribution in [-0.2, 0) is 11.2 Å². The molecule has 0 radical (unpaired) electrons. The summed E-state index contributed by atoms with van der Waals surface area (Å²) in [5, 5.41) is 11.8. The Balaban J connectivity index is 1.81. The van der Waals surface area contributed by atoms with Gasteiger partial charge in [0.15, 0.2) is 5.65 Å². The lowest BCUT2D eigenvalue weighted by atomic mass is 9.87. The molecule has 122 valence electrons. The van der Waals surface area contributed by atoms with Gasteiger partial charge in [0.05, 0.1) is 5.69 Å². The number of nitrogens with zero attached hydrogens (tertiary/aromatic N) is 3. The summed E-state index contributed by atoms with van der Waals surface area (Å²) in [6, 6.07) is 12.0. The van der Waals surface area contributed by atoms with Crippen molar-refractivity contribution in [3.05, 3.63) is 63.7 Å². The molecular formula is C18H18N4OS. The van der Waals surface area contributed by atoms with Crippen molar-refractivity contribution in [1.82, 2.24) is 14.6 Å². The number of aromatic nitrogens is 3. The van der Waals surface area contributed by atoms with Gasteiger partial charge in [-0.3, -0.25) is 9.89 Å². The highest BCUT2D eigenvalue weighted by Gasteiger charge is 2.13. The van der Waals surface area contributed by atoms with E-state index in [9.17, 15) is 4.79 Å². The number of hydrogen-bond acceptors (Lipinski definition) is 4. The van der Waals surface area contributed by atoms with Gasteiger partial charge in [-0.15, -0.1) is 11.8 Å². The van der Waals surface area contributed by atoms with Crippen molar-refractivity contribution in [3.8, 4) is 6.07 Å². The van der Waals surface area contributed by atoms with E-state index in [1.807, 2.05) is 6.07 Å². The maximum Gasteiger partial charge on any atom is 0.272 e. The van der Waals surface area contributed by atoms with Crippen LogP contribution in [0.4, 0.5) is 0 Å². The molecule has 3 rings (SSSR count). The molecule has 0 saturated heterocycles. The van der Waals surface area contributed by atoms with E-state index in [4.69, 9.17) is 5.26 Å². The fourth-order valence-corrected chi connectivity index (χ4v) is 3.18. The van der Waals surface area contributed by atoms with E-state index in [0.717, 1.165) is 4.90 Å². The first-order valence-corrected chi connectivity index (χ1v) is 8.60. The molecule has 0 unspecified atom stereocenters. The number of fused-ring (bicyclic) bond motifs is 1. The van der Waals surface area contributed by atoms with Crippen LogP contribution in [0.25, 0.3) is 5.65 Å². The molecule has 0 spiro atoms. The zero-order valence-electron chi connectivity index (χ0n) is 13.8. The molecule has 0 aliphatic heterocycles. The average Bonchev–Trinajstić information content (AvgIpc) is 2.96. The third-order valence-corrected chi connectivity index (χ3v) is 4.82. The van der Waals surface area contributed by atoms with Crippen LogP contribution >= 0.6 is 11.8 Å². The Morgan fingerprint density at radius 3 is 2.62 bits per heavy atom. The smallest absolute Gasteiger partial charge is 0.272 e. The van der Waals surface area contributed by atoms with E-state index in [-0.39, 0.29) is 11.0 Å². The van der Waals surface area contributed by atoms with Crippen LogP contribution in [0.15, 0.2) is 46.2 Å². The van der Waals surface area contributed by atoms with Crippen molar-refractivity contribution in [2.75, 3.05) is 0 Å². The summed E-state index contributed by atoms with van der Waals surface area (Å²) in [6.45, 7) is 6.56. The van der Waals surface area contributed by atoms with Crippen LogP contribution in [-0.4, -0.2) is 14.6 Å². The predicted molar refractivity (Wildman–Crippen MR) is 95.2 cm³/mol. The monoisotopic (exact) mass is 338 g/mol. The predicted octanol–water partition coefficient (Wildman–Crippen LogP) is 3.48. The van der Waals surface area contributed by atoms with E-state index >= 15 is 0 Å². The molecule has 3 aromatic rings. The third kappa shape index (κ3) is 3.22. The number of H-pyrrole nitrogens is 1. The molecule has 0 aliphatic carbocycles. The molecule has 2 aromatic heterocycles. The first-order valence-electron chi connectivity index (χ1n) is 7.62. The largest absolute Gasteiger partial charge is 0.295 e. The highest BCUT2D eigenvalue weighted by molar-refractivity contribution is 7.98. The van der Waals surface area contributed by atoms with Crippen LogP contribution < -0.4 is 5.56 Å². The Hall–Kier alpha value is -2.52. The lowest BCUT2D eigenvalue weighted by Crippen LogP contribution is -2.15. The minimum atomic E-state index is -0.208. The lowest BCUT2D eigenvalue weighted by molar-refractivity contribution is 0.590. The molecule has 6 heteroatoms. The number of rotatable bonds is 3. The van der Waals surface area contributed by atoms with Gasteiger partial charge in [-0.25, -0.2) is 9.50 Å². The Labute approximate surface area is 144 Å². The second-order valence-corrected chi connectivity index (χ2v) is 7.66. The molecule has 0 saturated carbocycles. The Kier molecular flexibility index (Phi) is 4.20. The van der Waals surface area contributed by atoms with Gasteiger partial charge in [0, 0.05) is 22.9 Å². The summed E-state index contributed by atoms with van der Waals surface area (Å²) in [5.74, 6) is 0.580. The van der Waals surface area contributed by atoms with Crippen LogP contribution in [0.2, 0.25) is 0 Å². The molecule has 0 aliphatic rings. The standard InChI is InChI=1S/C18H18N4OS/c1-18(2,3)13-4-6-15(7-5-13)24-11-14-8-16(23)22-17(21-14)12(9-19)10-20-22/h4-8,10,20H,11H2,1-3H3. The molecule has 0 fully saturated rings. The summed E-state index contributed by atoms with van der Waals surface area (Å²) in [5.41, 5.74) is 2.63. The van der Waals surface area contributed by atoms with Crippen molar-refractivity contribution in [2.24, 2.45) is 0 Å². The molecular weight excluding hydrogens is 320 g/mol. The summed E-state index contributed by atoms with van der Waals surface area (Å²) in [7, 11) is 0. The molecule has 1 N–H and O–H groups in total. The summed E-state index contributed by atoms with van der Waals surface area (Å²) in [6.07, 6.45) is 1.49. The van der Waals surface area contributed by atoms with Gasteiger partial charge >= 0.3 is 0 Å². The number of benzene rings is 1. The summed E-state index contributed by atoms with van der Waals surface area (Å²) < 4.78 is 1.28. The second kappa shape index (κ2) is 6.17. The third-order valence-electron chi connectivity index (χ3n) is 3.78. The van der Waals surface area contributed by atoms with Gasteiger partial charge < -0.3 is 0 Å². The van der Waals surface area contributed by atoms with Crippen LogP contribution in [0, 0.1) is 11.3 Å². The molecule has 0 amide bonds. The Bertz CT molecular complexity index is 971. The number of nitrogens with one attached hydrogen (secondary N) is 1. The maximum absolute atomic E-state index is 12.1. The van der Waals surface area contributed by atoms with Crippen molar-refractivity contribution < 1.29 is 0 Å². The number of aromatic amines is 1. The van der Waals surface area contributed by atoms with Gasteiger partial charge in [0.25, 0.3) is 5.56 Å². The Morgan fingerprint density at radius 1 is 1.29 bits per heavy atom. The van der Waals surface area contributed by atoms with Crippen LogP contribution in [0.1, 0.15) is 37.6 Å². The molecule has 24 heavy (non-hydrogen) atoms. The summed E-state index contributed by atoms with van der Waals surface area (Å²) in [4.78, 5) is 17.6. The fourth-order valence-electron chi connectivity index (χ4n) is 2.39. The SMILES string of the molecule is CC(C)(C)c1ccc(SCc2cc(=O)n3[nH]cc(C#N)c3n2)cc1. The van der Waals surface area contributed by atoms with E-state index in [1.165, 1.54) is 22.3 Å². The van der Waals surface area contributed by atoms with Crippen molar-refractivity contribution in [3.63, 3.8) is 0 Å². The molecule has 5 nitrogen and oxygen atoms in total. The number of hydrogen-bond donors (Lipinski definition) is 1. The second-order valence-electron chi connectivity index (χ2n) is 6.61. The van der Waals surface area contributed by atoms with Crippen LogP contribution in [0.3, 0.4) is 0 Å². The number of thioether (sulfide) groups is 1. The van der Waals surface area contributed by atoms with Gasteiger partial charge in [-0.1, -0.05) is 32.9 Å². The number of nitriles is 1. The first-order chi connectivity index (χ1) is 11.4. The van der Waals surface area contributed by atoms with Crippen molar-refractivity contribution >= 4 is 17.4 Å². The van der Waals surface area contributed by atoms with Gasteiger partial charge in [-0.2, -0.15) is 5.26 Å². The molecule has 0 bridgehead atoms. The highest BCUT2D eigenvalue weighted by atomic mass is 32.2. The normalized spacial score (nSPS) is 11.6. The van der Waals surface area contributed by atoms with Gasteiger partial charge in [0.1, 0.15) is 11.6 Å². The van der Waals surface area contributed by atoms with Gasteiger partial charge in [-0.05, 0) is 23.1 Å². The zero-order valence-corrected chi connectivity index (χ0v) is 14.6. The highest BCUT2D eigenvalue weighted by Crippen LogP contribution is 2.27. The van der Waals surface area contributed by atoms with E-state index in [1.54, 1.807) is 11.8 Å². The molecule has 2 heterocycles. The minimum Gasteiger partial charge on any atom is -0.295 e. The fraction of sp³-hybridized carbons (Fsp3) is 0.278. The summed E-state index contributed by atoms with van der Waals surface area (Å²) >= 11 is 1.62. The van der Waals surface area contributed by atoms with Gasteiger partial charge in [0.2, 0.25) is 0 Å². The van der Waals surface area contributed by atoms with Crippen LogP contribution in [0.5, 0.6) is 0 Å². The lowest BCUT2D eigenvalue weighted by Gasteiger charge is -2.19. The minimum absolute atomic E-state index is 0.131. The quantitative estimate of drug-likeness (QED) is 0.742. The Morgan fingerprint density at radius 2 is 2.00 bits per heavy atom. The topological polar surface area (TPSA) is 73.9 Å².